The largest absolute Gasteiger partial charge is 0.345 e. The van der Waals surface area contributed by atoms with Crippen LogP contribution in [0.25, 0.3) is 0 Å². The van der Waals surface area contributed by atoms with Gasteiger partial charge in [-0.15, -0.1) is 0 Å². The van der Waals surface area contributed by atoms with Gasteiger partial charge in [0.05, 0.1) is 16.6 Å². The fraction of sp³-hybridized carbons (Fsp3) is 0.269. The molecule has 0 unspecified atom stereocenters. The molecule has 3 aromatic carbocycles. The second-order valence-electron chi connectivity index (χ2n) is 8.52. The van der Waals surface area contributed by atoms with Crippen LogP contribution in [-0.4, -0.2) is 14.3 Å². The lowest BCUT2D eigenvalue weighted by molar-refractivity contribution is 0.0932. The van der Waals surface area contributed by atoms with Gasteiger partial charge in [-0.25, -0.2) is 8.42 Å². The number of anilines is 1. The monoisotopic (exact) mass is 448 g/mol. The Balaban J connectivity index is 1.60. The van der Waals surface area contributed by atoms with Gasteiger partial charge >= 0.3 is 0 Å². The lowest BCUT2D eigenvalue weighted by atomic mass is 9.87. The molecule has 3 aromatic rings. The first-order valence-electron chi connectivity index (χ1n) is 10.8. The van der Waals surface area contributed by atoms with Crippen molar-refractivity contribution in [3.63, 3.8) is 0 Å². The molecule has 0 aromatic heterocycles. The Morgan fingerprint density at radius 2 is 1.69 bits per heavy atom. The second kappa shape index (κ2) is 8.79. The van der Waals surface area contributed by atoms with E-state index in [0.717, 1.165) is 36.0 Å². The normalized spacial score (nSPS) is 15.7. The van der Waals surface area contributed by atoms with Crippen molar-refractivity contribution >= 4 is 21.6 Å². The number of amides is 1. The number of hydrogen-bond acceptors (Lipinski definition) is 3. The summed E-state index contributed by atoms with van der Waals surface area (Å²) in [5, 5.41) is 3.10. The maximum atomic E-state index is 13.2. The van der Waals surface area contributed by atoms with Crippen molar-refractivity contribution < 1.29 is 13.2 Å². The molecule has 1 aliphatic rings. The number of hydrogen-bond donors (Lipinski definition) is 2. The van der Waals surface area contributed by atoms with E-state index in [1.807, 2.05) is 38.1 Å². The van der Waals surface area contributed by atoms with Crippen molar-refractivity contribution in [2.24, 2.45) is 0 Å². The van der Waals surface area contributed by atoms with E-state index < -0.39 is 10.0 Å². The first-order chi connectivity index (χ1) is 15.2. The van der Waals surface area contributed by atoms with Crippen LogP contribution < -0.4 is 10.0 Å². The summed E-state index contributed by atoms with van der Waals surface area (Å²) in [5.41, 5.74) is 5.66. The molecular formula is C26H28N2O3S. The van der Waals surface area contributed by atoms with Gasteiger partial charge in [0.2, 0.25) is 0 Å². The van der Waals surface area contributed by atoms with Crippen LogP contribution in [0.4, 0.5) is 5.69 Å². The Kier molecular flexibility index (Phi) is 6.07. The number of fused-ring (bicyclic) bond motifs is 1. The number of nitrogens with one attached hydrogen (secondary N) is 2. The van der Waals surface area contributed by atoms with Gasteiger partial charge in [0.15, 0.2) is 0 Å². The van der Waals surface area contributed by atoms with Crippen LogP contribution in [0.15, 0.2) is 65.6 Å². The number of carbonyl (C=O) groups excluding carboxylic acids is 1. The summed E-state index contributed by atoms with van der Waals surface area (Å²) in [6.45, 7) is 5.50. The highest BCUT2D eigenvalue weighted by atomic mass is 32.2. The third-order valence-corrected chi connectivity index (χ3v) is 7.56. The van der Waals surface area contributed by atoms with Crippen molar-refractivity contribution in [2.75, 3.05) is 4.72 Å². The third-order valence-electron chi connectivity index (χ3n) is 6.05. The number of aryl methyl sites for hydroxylation is 4. The minimum atomic E-state index is -3.85. The van der Waals surface area contributed by atoms with Crippen LogP contribution in [0.3, 0.4) is 0 Å². The standard InChI is InChI=1S/C26H28N2O3S/c1-17-11-12-18(2)24(15-17)28-32(30,31)25-16-21(14-13-19(25)3)26(29)27-23-10-6-8-20-7-4-5-9-22(20)23/h4-5,7,9,11-16,23,28H,6,8,10H2,1-3H3,(H,27,29)/t23-/m1/s1. The quantitative estimate of drug-likeness (QED) is 0.562. The van der Waals surface area contributed by atoms with Crippen LogP contribution in [-0.2, 0) is 16.4 Å². The van der Waals surface area contributed by atoms with Gasteiger partial charge in [-0.05, 0) is 86.1 Å². The molecule has 6 heteroatoms. The zero-order valence-electron chi connectivity index (χ0n) is 18.6. The molecule has 0 heterocycles. The number of benzene rings is 3. The lowest BCUT2D eigenvalue weighted by Crippen LogP contribution is -2.31. The number of sulfonamides is 1. The van der Waals surface area contributed by atoms with Gasteiger partial charge in [0, 0.05) is 5.56 Å². The minimum absolute atomic E-state index is 0.0677. The molecule has 166 valence electrons. The van der Waals surface area contributed by atoms with E-state index >= 15 is 0 Å². The predicted octanol–water partition coefficient (Wildman–Crippen LogP) is 5.22. The van der Waals surface area contributed by atoms with Crippen molar-refractivity contribution in [1.29, 1.82) is 0 Å². The molecule has 32 heavy (non-hydrogen) atoms. The molecule has 2 N–H and O–H groups in total. The molecule has 0 saturated carbocycles. The van der Waals surface area contributed by atoms with Crippen LogP contribution >= 0.6 is 0 Å². The summed E-state index contributed by atoms with van der Waals surface area (Å²) < 4.78 is 29.0. The number of carbonyl (C=O) groups is 1. The minimum Gasteiger partial charge on any atom is -0.345 e. The van der Waals surface area contributed by atoms with Crippen LogP contribution in [0.1, 0.15) is 57.1 Å². The van der Waals surface area contributed by atoms with E-state index in [9.17, 15) is 13.2 Å². The molecule has 0 spiro atoms. The molecule has 0 aliphatic heterocycles. The smallest absolute Gasteiger partial charge is 0.262 e. The van der Waals surface area contributed by atoms with Gasteiger partial charge in [-0.2, -0.15) is 0 Å². The zero-order valence-corrected chi connectivity index (χ0v) is 19.4. The fourth-order valence-corrected chi connectivity index (χ4v) is 5.62. The molecule has 0 bridgehead atoms. The Hall–Kier alpha value is -3.12. The zero-order chi connectivity index (χ0) is 22.9. The SMILES string of the molecule is Cc1ccc(C)c(NS(=O)(=O)c2cc(C(=O)N[C@@H]3CCCc4ccccc43)ccc2C)c1. The molecule has 0 radical (unpaired) electrons. The molecule has 1 aliphatic carbocycles. The highest BCUT2D eigenvalue weighted by Crippen LogP contribution is 2.30. The van der Waals surface area contributed by atoms with Crippen molar-refractivity contribution in [2.45, 2.75) is 51.0 Å². The third kappa shape index (κ3) is 4.55. The average molecular weight is 449 g/mol. The Bertz CT molecular complexity index is 1280. The van der Waals surface area contributed by atoms with Gasteiger partial charge in [0.1, 0.15) is 0 Å². The lowest BCUT2D eigenvalue weighted by Gasteiger charge is -2.26. The topological polar surface area (TPSA) is 75.3 Å². The summed E-state index contributed by atoms with van der Waals surface area (Å²) in [4.78, 5) is 13.2. The van der Waals surface area contributed by atoms with Gasteiger partial charge in [-0.1, -0.05) is 42.5 Å². The van der Waals surface area contributed by atoms with Crippen LogP contribution in [0.5, 0.6) is 0 Å². The highest BCUT2D eigenvalue weighted by molar-refractivity contribution is 7.92. The van der Waals surface area contributed by atoms with E-state index in [0.29, 0.717) is 16.8 Å². The fourth-order valence-electron chi connectivity index (χ4n) is 4.22. The van der Waals surface area contributed by atoms with Crippen molar-refractivity contribution in [1.82, 2.24) is 5.32 Å². The van der Waals surface area contributed by atoms with Crippen molar-refractivity contribution in [3.8, 4) is 0 Å². The molecule has 4 rings (SSSR count). The maximum Gasteiger partial charge on any atom is 0.262 e. The average Bonchev–Trinajstić information content (AvgIpc) is 2.76. The van der Waals surface area contributed by atoms with E-state index in [2.05, 4.69) is 22.2 Å². The maximum absolute atomic E-state index is 13.2. The highest BCUT2D eigenvalue weighted by Gasteiger charge is 2.24. The summed E-state index contributed by atoms with van der Waals surface area (Å²) in [6, 6.07) is 18.5. The van der Waals surface area contributed by atoms with E-state index in [1.165, 1.54) is 11.6 Å². The van der Waals surface area contributed by atoms with Crippen molar-refractivity contribution in [3.05, 3.63) is 94.0 Å². The molecule has 5 nitrogen and oxygen atoms in total. The van der Waals surface area contributed by atoms with Gasteiger partial charge in [-0.3, -0.25) is 9.52 Å². The Morgan fingerprint density at radius 1 is 0.938 bits per heavy atom. The molecule has 1 amide bonds. The van der Waals surface area contributed by atoms with Crippen LogP contribution in [0.2, 0.25) is 0 Å². The Morgan fingerprint density at radius 3 is 2.50 bits per heavy atom. The molecule has 0 saturated heterocycles. The van der Waals surface area contributed by atoms with Crippen LogP contribution in [0, 0.1) is 20.8 Å². The second-order valence-corrected chi connectivity index (χ2v) is 10.2. The summed E-state index contributed by atoms with van der Waals surface area (Å²) >= 11 is 0. The van der Waals surface area contributed by atoms with Gasteiger partial charge < -0.3 is 5.32 Å². The van der Waals surface area contributed by atoms with Gasteiger partial charge in [0.25, 0.3) is 15.9 Å². The number of rotatable bonds is 5. The van der Waals surface area contributed by atoms with E-state index in [4.69, 9.17) is 0 Å². The first-order valence-corrected chi connectivity index (χ1v) is 12.3. The first kappa shape index (κ1) is 22.1. The van der Waals surface area contributed by atoms with E-state index in [-0.39, 0.29) is 16.8 Å². The summed E-state index contributed by atoms with van der Waals surface area (Å²) in [7, 11) is -3.85. The summed E-state index contributed by atoms with van der Waals surface area (Å²) in [6.07, 6.45) is 2.89. The molecule has 1 atom stereocenters. The summed E-state index contributed by atoms with van der Waals surface area (Å²) in [5.74, 6) is -0.269. The predicted molar refractivity (Wildman–Crippen MR) is 127 cm³/mol. The molecule has 0 fully saturated rings. The van der Waals surface area contributed by atoms with E-state index in [1.54, 1.807) is 25.1 Å². The molecular weight excluding hydrogens is 420 g/mol. The Labute approximate surface area is 189 Å².